The Morgan fingerprint density at radius 2 is 2.16 bits per heavy atom. The van der Waals surface area contributed by atoms with Crippen molar-refractivity contribution in [3.63, 3.8) is 0 Å². The Bertz CT molecular complexity index is 447. The van der Waals surface area contributed by atoms with Gasteiger partial charge in [0.25, 0.3) is 0 Å². The third-order valence-corrected chi connectivity index (χ3v) is 7.02. The van der Waals surface area contributed by atoms with Crippen molar-refractivity contribution in [3.8, 4) is 0 Å². The van der Waals surface area contributed by atoms with Crippen LogP contribution < -0.4 is 0 Å². The van der Waals surface area contributed by atoms with E-state index in [1.165, 1.54) is 5.38 Å². The number of thiophene rings is 1. The summed E-state index contributed by atoms with van der Waals surface area (Å²) in [6.07, 6.45) is -3.44. The van der Waals surface area contributed by atoms with Crippen molar-refractivity contribution in [2.45, 2.75) is 24.3 Å². The molecule has 19 heavy (non-hydrogen) atoms. The fourth-order valence-electron chi connectivity index (χ4n) is 2.26. The molecule has 1 nitrogen and oxygen atoms in total. The van der Waals surface area contributed by atoms with E-state index in [0.717, 1.165) is 17.8 Å². The molecule has 0 amide bonds. The molecule has 0 bridgehead atoms. The summed E-state index contributed by atoms with van der Waals surface area (Å²) in [4.78, 5) is 0.646. The van der Waals surface area contributed by atoms with Crippen molar-refractivity contribution in [1.29, 1.82) is 0 Å². The number of hydrogen-bond acceptors (Lipinski definition) is 2. The van der Waals surface area contributed by atoms with Crippen LogP contribution in [-0.4, -0.2) is 13.2 Å². The summed E-state index contributed by atoms with van der Waals surface area (Å²) < 4.78 is 43.9. The van der Waals surface area contributed by atoms with Crippen LogP contribution >= 0.6 is 43.2 Å². The van der Waals surface area contributed by atoms with Gasteiger partial charge in [0.1, 0.15) is 0 Å². The van der Waals surface area contributed by atoms with Crippen LogP contribution in [0.1, 0.15) is 28.6 Å². The molecular weight excluding hydrogens is 409 g/mol. The first-order valence-corrected chi connectivity index (χ1v) is 8.47. The quantitative estimate of drug-likeness (QED) is 0.561. The van der Waals surface area contributed by atoms with Gasteiger partial charge in [0.15, 0.2) is 0 Å². The van der Waals surface area contributed by atoms with Gasteiger partial charge >= 0.3 is 6.18 Å². The molecule has 3 unspecified atom stereocenters. The van der Waals surface area contributed by atoms with Crippen LogP contribution in [0, 0.1) is 11.8 Å². The van der Waals surface area contributed by atoms with Crippen molar-refractivity contribution in [2.24, 2.45) is 11.8 Å². The second kappa shape index (κ2) is 6.03. The molecular formula is C12H13Br2F3OS. The van der Waals surface area contributed by atoms with E-state index in [9.17, 15) is 13.2 Å². The van der Waals surface area contributed by atoms with E-state index in [2.05, 4.69) is 38.8 Å². The topological polar surface area (TPSA) is 9.23 Å². The highest BCUT2D eigenvalue weighted by atomic mass is 79.9. The average molecular weight is 422 g/mol. The minimum atomic E-state index is -4.30. The van der Waals surface area contributed by atoms with Crippen LogP contribution in [0.15, 0.2) is 9.85 Å². The van der Waals surface area contributed by atoms with Gasteiger partial charge in [0, 0.05) is 27.9 Å². The smallest absolute Gasteiger partial charge is 0.381 e. The Kier molecular flexibility index (Phi) is 5.02. The monoisotopic (exact) mass is 420 g/mol. The second-order valence-corrected chi connectivity index (χ2v) is 7.42. The van der Waals surface area contributed by atoms with Gasteiger partial charge in [-0.25, -0.2) is 0 Å². The lowest BCUT2D eigenvalue weighted by Crippen LogP contribution is -2.27. The van der Waals surface area contributed by atoms with E-state index in [1.54, 1.807) is 0 Å². The summed E-state index contributed by atoms with van der Waals surface area (Å²) in [6, 6.07) is 0. The zero-order valence-corrected chi connectivity index (χ0v) is 14.1. The second-order valence-electron chi connectivity index (χ2n) is 4.73. The lowest BCUT2D eigenvalue weighted by atomic mass is 9.86. The van der Waals surface area contributed by atoms with Crippen molar-refractivity contribution < 1.29 is 17.9 Å². The standard InChI is InChI=1S/C12H13Br2F3OS/c1-6-4-18-3-2-7(6)9(13)11-10(14)8(5-19-11)12(15,16)17/h5-7,9H,2-4H2,1H3. The molecule has 0 N–H and O–H groups in total. The summed E-state index contributed by atoms with van der Waals surface area (Å²) in [5, 5.41) is 1.18. The van der Waals surface area contributed by atoms with Crippen molar-refractivity contribution in [3.05, 3.63) is 20.3 Å². The van der Waals surface area contributed by atoms with Gasteiger partial charge in [-0.3, -0.25) is 0 Å². The summed E-state index contributed by atoms with van der Waals surface area (Å²) >= 11 is 7.83. The molecule has 1 saturated heterocycles. The van der Waals surface area contributed by atoms with Gasteiger partial charge < -0.3 is 4.74 Å². The molecule has 1 aromatic rings. The first-order valence-electron chi connectivity index (χ1n) is 5.88. The molecule has 0 spiro atoms. The SMILES string of the molecule is CC1COCCC1C(Br)c1scc(C(F)(F)F)c1Br. The Hall–Kier alpha value is 0.410. The molecule has 1 aromatic heterocycles. The third-order valence-electron chi connectivity index (χ3n) is 3.40. The molecule has 1 aliphatic rings. The van der Waals surface area contributed by atoms with E-state index in [0.29, 0.717) is 29.9 Å². The van der Waals surface area contributed by atoms with Crippen LogP contribution in [0.2, 0.25) is 0 Å². The van der Waals surface area contributed by atoms with E-state index >= 15 is 0 Å². The Morgan fingerprint density at radius 3 is 2.68 bits per heavy atom. The van der Waals surface area contributed by atoms with Crippen molar-refractivity contribution in [1.82, 2.24) is 0 Å². The molecule has 0 aliphatic carbocycles. The lowest BCUT2D eigenvalue weighted by Gasteiger charge is -2.32. The van der Waals surface area contributed by atoms with Gasteiger partial charge in [-0.15, -0.1) is 11.3 Å². The maximum atomic E-state index is 12.8. The molecule has 3 atom stereocenters. The van der Waals surface area contributed by atoms with Crippen LogP contribution in [0.5, 0.6) is 0 Å². The van der Waals surface area contributed by atoms with Gasteiger partial charge in [0.05, 0.1) is 10.4 Å². The largest absolute Gasteiger partial charge is 0.418 e. The van der Waals surface area contributed by atoms with E-state index in [-0.39, 0.29) is 9.30 Å². The normalized spacial score (nSPS) is 26.4. The molecule has 1 fully saturated rings. The average Bonchev–Trinajstić information content (AvgIpc) is 2.70. The zero-order chi connectivity index (χ0) is 14.2. The Balaban J connectivity index is 2.24. The van der Waals surface area contributed by atoms with Crippen LogP contribution in [-0.2, 0) is 10.9 Å². The highest BCUT2D eigenvalue weighted by molar-refractivity contribution is 9.11. The first kappa shape index (κ1) is 15.8. The lowest BCUT2D eigenvalue weighted by molar-refractivity contribution is -0.137. The van der Waals surface area contributed by atoms with Crippen molar-refractivity contribution in [2.75, 3.05) is 13.2 Å². The number of halogens is 5. The Morgan fingerprint density at radius 1 is 1.47 bits per heavy atom. The maximum Gasteiger partial charge on any atom is 0.418 e. The van der Waals surface area contributed by atoms with E-state index < -0.39 is 11.7 Å². The highest BCUT2D eigenvalue weighted by Gasteiger charge is 2.38. The highest BCUT2D eigenvalue weighted by Crippen LogP contribution is 2.48. The third kappa shape index (κ3) is 3.36. The zero-order valence-electron chi connectivity index (χ0n) is 10.1. The van der Waals surface area contributed by atoms with Crippen LogP contribution in [0.3, 0.4) is 0 Å². The number of alkyl halides is 4. The molecule has 0 saturated carbocycles. The van der Waals surface area contributed by atoms with E-state index in [1.807, 2.05) is 0 Å². The summed E-state index contributed by atoms with van der Waals surface area (Å²) in [5.74, 6) is 0.631. The molecule has 0 radical (unpaired) electrons. The maximum absolute atomic E-state index is 12.8. The number of hydrogen-bond donors (Lipinski definition) is 0. The summed E-state index contributed by atoms with van der Waals surface area (Å²) in [5.41, 5.74) is -0.586. The van der Waals surface area contributed by atoms with Gasteiger partial charge in [0.2, 0.25) is 0 Å². The minimum absolute atomic E-state index is 0.0677. The van der Waals surface area contributed by atoms with E-state index in [4.69, 9.17) is 4.74 Å². The molecule has 108 valence electrons. The van der Waals surface area contributed by atoms with Crippen LogP contribution in [0.4, 0.5) is 13.2 Å². The van der Waals surface area contributed by atoms with Gasteiger partial charge in [-0.1, -0.05) is 22.9 Å². The minimum Gasteiger partial charge on any atom is -0.381 e. The molecule has 1 aliphatic heterocycles. The summed E-state index contributed by atoms with van der Waals surface area (Å²) in [6.45, 7) is 3.42. The fraction of sp³-hybridized carbons (Fsp3) is 0.667. The Labute approximate surface area is 130 Å². The molecule has 0 aromatic carbocycles. The van der Waals surface area contributed by atoms with Gasteiger partial charge in [-0.2, -0.15) is 13.2 Å². The number of rotatable bonds is 2. The first-order chi connectivity index (χ1) is 8.82. The van der Waals surface area contributed by atoms with Gasteiger partial charge in [-0.05, 0) is 34.2 Å². The summed E-state index contributed by atoms with van der Waals surface area (Å²) in [7, 11) is 0. The fourth-order valence-corrected chi connectivity index (χ4v) is 5.94. The predicted molar refractivity (Wildman–Crippen MR) is 76.8 cm³/mol. The molecule has 7 heteroatoms. The predicted octanol–water partition coefficient (Wildman–Crippen LogP) is 5.64. The van der Waals surface area contributed by atoms with Crippen LogP contribution in [0.25, 0.3) is 0 Å². The van der Waals surface area contributed by atoms with Crippen molar-refractivity contribution >= 4 is 43.2 Å². The molecule has 2 heterocycles. The molecule has 2 rings (SSSR count). The number of ether oxygens (including phenoxy) is 1.